The molecular weight excluding hydrogens is 258 g/mol. The summed E-state index contributed by atoms with van der Waals surface area (Å²) in [5.41, 5.74) is -0.531. The summed E-state index contributed by atoms with van der Waals surface area (Å²) in [6.07, 6.45) is 5.32. The minimum absolute atomic E-state index is 0.000295. The van der Waals surface area contributed by atoms with Gasteiger partial charge >= 0.3 is 12.1 Å². The molecule has 0 bridgehead atoms. The van der Waals surface area contributed by atoms with E-state index in [1.807, 2.05) is 20.8 Å². The molecule has 5 nitrogen and oxygen atoms in total. The van der Waals surface area contributed by atoms with Gasteiger partial charge in [-0.25, -0.2) is 4.79 Å². The van der Waals surface area contributed by atoms with Crippen LogP contribution >= 0.6 is 0 Å². The molecule has 1 rings (SSSR count). The van der Waals surface area contributed by atoms with Crippen molar-refractivity contribution in [1.29, 1.82) is 0 Å². The number of hydrogen-bond donors (Lipinski definition) is 2. The molecule has 0 heterocycles. The zero-order valence-electron chi connectivity index (χ0n) is 12.8. The van der Waals surface area contributed by atoms with Gasteiger partial charge in [0.15, 0.2) is 0 Å². The Kier molecular flexibility index (Phi) is 6.30. The van der Waals surface area contributed by atoms with Crippen LogP contribution in [0.15, 0.2) is 0 Å². The molecule has 5 heteroatoms. The summed E-state index contributed by atoms with van der Waals surface area (Å²) in [6.45, 7) is 5.80. The fraction of sp³-hybridized carbons (Fsp3) is 0.867. The third-order valence-corrected chi connectivity index (χ3v) is 3.66. The highest BCUT2D eigenvalue weighted by molar-refractivity contribution is 5.69. The largest absolute Gasteiger partial charge is 0.481 e. The predicted molar refractivity (Wildman–Crippen MR) is 76.6 cm³/mol. The van der Waals surface area contributed by atoms with E-state index in [0.29, 0.717) is 12.5 Å². The van der Waals surface area contributed by atoms with Gasteiger partial charge in [0.1, 0.15) is 5.60 Å². The smallest absolute Gasteiger partial charge is 0.407 e. The van der Waals surface area contributed by atoms with Crippen LogP contribution in [-0.2, 0) is 9.53 Å². The van der Waals surface area contributed by atoms with Crippen LogP contribution in [0.2, 0.25) is 0 Å². The SMILES string of the molecule is CC(C)(C)OC(=O)NC[C@H](CC(=O)O)C1CCCCC1. The van der Waals surface area contributed by atoms with Crippen LogP contribution in [0.5, 0.6) is 0 Å². The van der Waals surface area contributed by atoms with E-state index in [1.165, 1.54) is 6.42 Å². The highest BCUT2D eigenvalue weighted by Crippen LogP contribution is 2.31. The average Bonchev–Trinajstić information content (AvgIpc) is 2.33. The number of carbonyl (C=O) groups excluding carboxylic acids is 1. The molecule has 0 aromatic rings. The third kappa shape index (κ3) is 6.78. The Balaban J connectivity index is 2.47. The normalized spacial score (nSPS) is 18.4. The van der Waals surface area contributed by atoms with E-state index < -0.39 is 17.7 Å². The lowest BCUT2D eigenvalue weighted by molar-refractivity contribution is -0.138. The van der Waals surface area contributed by atoms with Crippen LogP contribution in [-0.4, -0.2) is 29.3 Å². The number of ether oxygens (including phenoxy) is 1. The van der Waals surface area contributed by atoms with E-state index in [0.717, 1.165) is 25.7 Å². The zero-order valence-corrected chi connectivity index (χ0v) is 12.8. The van der Waals surface area contributed by atoms with Gasteiger partial charge in [-0.05, 0) is 32.6 Å². The predicted octanol–water partition coefficient (Wildman–Crippen LogP) is 3.18. The van der Waals surface area contributed by atoms with Gasteiger partial charge in [-0.2, -0.15) is 0 Å². The summed E-state index contributed by atoms with van der Waals surface area (Å²) < 4.78 is 5.18. The molecule has 0 radical (unpaired) electrons. The number of rotatable bonds is 5. The highest BCUT2D eigenvalue weighted by Gasteiger charge is 2.26. The van der Waals surface area contributed by atoms with E-state index in [2.05, 4.69) is 5.32 Å². The lowest BCUT2D eigenvalue weighted by Crippen LogP contribution is -2.38. The third-order valence-electron chi connectivity index (χ3n) is 3.66. The number of hydrogen-bond acceptors (Lipinski definition) is 3. The van der Waals surface area contributed by atoms with Crippen LogP contribution < -0.4 is 5.32 Å². The summed E-state index contributed by atoms with van der Waals surface area (Å²) in [5, 5.41) is 11.7. The highest BCUT2D eigenvalue weighted by atomic mass is 16.6. The van der Waals surface area contributed by atoms with Crippen LogP contribution in [0.4, 0.5) is 4.79 Å². The maximum Gasteiger partial charge on any atom is 0.407 e. The number of carboxylic acids is 1. The first-order valence-electron chi connectivity index (χ1n) is 7.46. The lowest BCUT2D eigenvalue weighted by Gasteiger charge is -2.30. The summed E-state index contributed by atoms with van der Waals surface area (Å²) in [4.78, 5) is 22.6. The molecule has 0 saturated heterocycles. The van der Waals surface area contributed by atoms with Gasteiger partial charge in [0.25, 0.3) is 0 Å². The fourth-order valence-electron chi connectivity index (χ4n) is 2.76. The van der Waals surface area contributed by atoms with E-state index in [4.69, 9.17) is 9.84 Å². The first-order valence-corrected chi connectivity index (χ1v) is 7.46. The van der Waals surface area contributed by atoms with Gasteiger partial charge in [-0.15, -0.1) is 0 Å². The molecule has 1 saturated carbocycles. The van der Waals surface area contributed by atoms with Crippen molar-refractivity contribution in [2.45, 2.75) is 64.9 Å². The van der Waals surface area contributed by atoms with E-state index in [-0.39, 0.29) is 12.3 Å². The van der Waals surface area contributed by atoms with Crippen molar-refractivity contribution in [2.24, 2.45) is 11.8 Å². The quantitative estimate of drug-likeness (QED) is 0.813. The molecule has 116 valence electrons. The molecule has 0 unspecified atom stereocenters. The first kappa shape index (κ1) is 16.8. The second-order valence-corrected chi connectivity index (χ2v) is 6.64. The second-order valence-electron chi connectivity index (χ2n) is 6.64. The zero-order chi connectivity index (χ0) is 15.2. The van der Waals surface area contributed by atoms with Crippen LogP contribution in [0.1, 0.15) is 59.3 Å². The molecule has 0 aliphatic heterocycles. The number of amides is 1. The van der Waals surface area contributed by atoms with Crippen LogP contribution in [0.3, 0.4) is 0 Å². The average molecular weight is 285 g/mol. The molecule has 0 spiro atoms. The Morgan fingerprint density at radius 2 is 1.85 bits per heavy atom. The summed E-state index contributed by atoms with van der Waals surface area (Å²) in [5.74, 6) is -0.401. The Bertz CT molecular complexity index is 329. The van der Waals surface area contributed by atoms with Gasteiger partial charge in [0.2, 0.25) is 0 Å². The molecule has 20 heavy (non-hydrogen) atoms. The molecule has 0 aromatic carbocycles. The van der Waals surface area contributed by atoms with E-state index in [1.54, 1.807) is 0 Å². The van der Waals surface area contributed by atoms with Crippen molar-refractivity contribution in [3.8, 4) is 0 Å². The standard InChI is InChI=1S/C15H27NO4/c1-15(2,3)20-14(19)16-10-12(9-13(17)18)11-7-5-4-6-8-11/h11-12H,4-10H2,1-3H3,(H,16,19)(H,17,18)/t12-/m0/s1. The second kappa shape index (κ2) is 7.50. The molecule has 1 aliphatic carbocycles. The van der Waals surface area contributed by atoms with Crippen LogP contribution in [0.25, 0.3) is 0 Å². The van der Waals surface area contributed by atoms with Crippen molar-refractivity contribution in [1.82, 2.24) is 5.32 Å². The van der Waals surface area contributed by atoms with Crippen LogP contribution in [0, 0.1) is 11.8 Å². The Morgan fingerprint density at radius 3 is 2.35 bits per heavy atom. The molecule has 2 N–H and O–H groups in total. The monoisotopic (exact) mass is 285 g/mol. The number of aliphatic carboxylic acids is 1. The van der Waals surface area contributed by atoms with Crippen molar-refractivity contribution in [3.63, 3.8) is 0 Å². The lowest BCUT2D eigenvalue weighted by atomic mass is 9.78. The first-order chi connectivity index (χ1) is 9.28. The van der Waals surface area contributed by atoms with Crippen molar-refractivity contribution in [3.05, 3.63) is 0 Å². The molecule has 1 fully saturated rings. The fourth-order valence-corrected chi connectivity index (χ4v) is 2.76. The maximum absolute atomic E-state index is 11.7. The van der Waals surface area contributed by atoms with E-state index in [9.17, 15) is 9.59 Å². The molecular formula is C15H27NO4. The topological polar surface area (TPSA) is 75.6 Å². The minimum Gasteiger partial charge on any atom is -0.481 e. The van der Waals surface area contributed by atoms with Crippen molar-refractivity contribution < 1.29 is 19.4 Å². The number of carbonyl (C=O) groups is 2. The maximum atomic E-state index is 11.7. The molecule has 1 amide bonds. The van der Waals surface area contributed by atoms with Gasteiger partial charge < -0.3 is 15.2 Å². The van der Waals surface area contributed by atoms with Crippen molar-refractivity contribution >= 4 is 12.1 Å². The van der Waals surface area contributed by atoms with Crippen molar-refractivity contribution in [2.75, 3.05) is 6.54 Å². The Labute approximate surface area is 121 Å². The Morgan fingerprint density at radius 1 is 1.25 bits per heavy atom. The molecule has 1 atom stereocenters. The summed E-state index contributed by atoms with van der Waals surface area (Å²) in [7, 11) is 0. The van der Waals surface area contributed by atoms with Gasteiger partial charge in [-0.1, -0.05) is 32.1 Å². The number of nitrogens with one attached hydrogen (secondary N) is 1. The number of carboxylic acid groups (broad SMARTS) is 1. The molecule has 0 aromatic heterocycles. The van der Waals surface area contributed by atoms with E-state index >= 15 is 0 Å². The van der Waals surface area contributed by atoms with Gasteiger partial charge in [0.05, 0.1) is 6.42 Å². The minimum atomic E-state index is -0.799. The molecule has 1 aliphatic rings. The summed E-state index contributed by atoms with van der Waals surface area (Å²) in [6, 6.07) is 0. The summed E-state index contributed by atoms with van der Waals surface area (Å²) >= 11 is 0. The van der Waals surface area contributed by atoms with Gasteiger partial charge in [-0.3, -0.25) is 4.79 Å². The Hall–Kier alpha value is -1.26. The number of alkyl carbamates (subject to hydrolysis) is 1. The van der Waals surface area contributed by atoms with Gasteiger partial charge in [0, 0.05) is 6.54 Å².